The van der Waals surface area contributed by atoms with E-state index in [1.807, 2.05) is 36.4 Å². The fourth-order valence-corrected chi connectivity index (χ4v) is 9.06. The summed E-state index contributed by atoms with van der Waals surface area (Å²) in [5, 5.41) is 15.9. The first-order valence-electron chi connectivity index (χ1n) is 12.9. The lowest BCUT2D eigenvalue weighted by molar-refractivity contribution is -0.134. The molecule has 0 bridgehead atoms. The molecule has 0 unspecified atom stereocenters. The lowest BCUT2D eigenvalue weighted by atomic mass is 10.0. The van der Waals surface area contributed by atoms with Gasteiger partial charge in [0.05, 0.1) is 25.9 Å². The van der Waals surface area contributed by atoms with Gasteiger partial charge < -0.3 is 24.3 Å². The fraction of sp³-hybridized carbons (Fsp3) is 0.467. The van der Waals surface area contributed by atoms with Gasteiger partial charge in [-0.15, -0.1) is 0 Å². The molecule has 0 aliphatic rings. The standard InChI is InChI=1S/C30H43NO6Si/c1-22(20-27(33)35-8)19-26(32)25(31-28(34)37-29(2,3)4)21-36-38(30(5,6)7,23-15-11-9-12-16-23)24-17-13-10-14-18-24/h9-18,20,25-26,32H,19,21H2,1-8H3,(H,31,34)/b22-20+/t25-,26-/m0/s1. The van der Waals surface area contributed by atoms with Crippen LogP contribution in [-0.2, 0) is 18.7 Å². The van der Waals surface area contributed by atoms with Crippen LogP contribution in [0.2, 0.25) is 5.04 Å². The molecular formula is C30H43NO6Si. The Hall–Kier alpha value is -2.94. The summed E-state index contributed by atoms with van der Waals surface area (Å²) in [6, 6.07) is 19.5. The molecule has 0 aliphatic carbocycles. The van der Waals surface area contributed by atoms with E-state index in [2.05, 4.69) is 50.4 Å². The van der Waals surface area contributed by atoms with Crippen LogP contribution in [-0.4, -0.2) is 57.0 Å². The molecule has 0 saturated carbocycles. The van der Waals surface area contributed by atoms with E-state index in [1.165, 1.54) is 13.2 Å². The Balaban J connectivity index is 2.49. The van der Waals surface area contributed by atoms with Crippen LogP contribution in [0.5, 0.6) is 0 Å². The van der Waals surface area contributed by atoms with Crippen LogP contribution in [0.1, 0.15) is 54.9 Å². The van der Waals surface area contributed by atoms with Crippen molar-refractivity contribution < 1.29 is 28.6 Å². The van der Waals surface area contributed by atoms with Gasteiger partial charge in [-0.1, -0.05) is 87.0 Å². The summed E-state index contributed by atoms with van der Waals surface area (Å²) >= 11 is 0. The van der Waals surface area contributed by atoms with Gasteiger partial charge in [-0.3, -0.25) is 0 Å². The summed E-state index contributed by atoms with van der Waals surface area (Å²) < 4.78 is 17.1. The van der Waals surface area contributed by atoms with Crippen molar-refractivity contribution >= 4 is 30.8 Å². The molecule has 8 heteroatoms. The van der Waals surface area contributed by atoms with Gasteiger partial charge in [-0.25, -0.2) is 9.59 Å². The minimum absolute atomic E-state index is 0.0409. The van der Waals surface area contributed by atoms with Crippen LogP contribution in [0.25, 0.3) is 0 Å². The van der Waals surface area contributed by atoms with E-state index in [0.29, 0.717) is 5.57 Å². The lowest BCUT2D eigenvalue weighted by Gasteiger charge is -2.44. The third-order valence-electron chi connectivity index (χ3n) is 6.16. The largest absolute Gasteiger partial charge is 0.466 e. The molecule has 0 saturated heterocycles. The van der Waals surface area contributed by atoms with Gasteiger partial charge >= 0.3 is 12.1 Å². The number of carbonyl (C=O) groups excluding carboxylic acids is 2. The van der Waals surface area contributed by atoms with Gasteiger partial charge in [0.1, 0.15) is 5.60 Å². The average molecular weight is 542 g/mol. The van der Waals surface area contributed by atoms with Crippen molar-refractivity contribution in [3.63, 3.8) is 0 Å². The van der Waals surface area contributed by atoms with Crippen LogP contribution >= 0.6 is 0 Å². The predicted molar refractivity (Wildman–Crippen MR) is 153 cm³/mol. The van der Waals surface area contributed by atoms with Crippen molar-refractivity contribution in [1.82, 2.24) is 5.32 Å². The number of nitrogens with one attached hydrogen (secondary N) is 1. The van der Waals surface area contributed by atoms with Crippen LogP contribution < -0.4 is 15.7 Å². The van der Waals surface area contributed by atoms with Crippen LogP contribution in [0.4, 0.5) is 4.79 Å². The highest BCUT2D eigenvalue weighted by Crippen LogP contribution is 2.37. The van der Waals surface area contributed by atoms with E-state index in [-0.39, 0.29) is 18.1 Å². The Morgan fingerprint density at radius 1 is 0.947 bits per heavy atom. The fourth-order valence-electron chi connectivity index (χ4n) is 4.48. The van der Waals surface area contributed by atoms with E-state index in [4.69, 9.17) is 13.9 Å². The molecule has 2 atom stereocenters. The van der Waals surface area contributed by atoms with Crippen molar-refractivity contribution in [2.45, 2.75) is 77.7 Å². The number of methoxy groups -OCH3 is 1. The minimum atomic E-state index is -2.92. The second-order valence-corrected chi connectivity index (χ2v) is 15.8. The summed E-state index contributed by atoms with van der Waals surface area (Å²) in [5.74, 6) is -0.505. The zero-order chi connectivity index (χ0) is 28.6. The molecule has 2 N–H and O–H groups in total. The van der Waals surface area contributed by atoms with E-state index < -0.39 is 38.1 Å². The SMILES string of the molecule is COC(=O)/C=C(\C)C[C@H](O)[C@H](CO[Si](c1ccccc1)(c1ccccc1)C(C)(C)C)NC(=O)OC(C)(C)C. The van der Waals surface area contributed by atoms with Crippen molar-refractivity contribution in [3.05, 3.63) is 72.3 Å². The van der Waals surface area contributed by atoms with Gasteiger partial charge in [0, 0.05) is 6.08 Å². The van der Waals surface area contributed by atoms with Crippen LogP contribution in [0.15, 0.2) is 72.3 Å². The molecule has 2 aromatic rings. The molecule has 0 spiro atoms. The van der Waals surface area contributed by atoms with E-state index in [0.717, 1.165) is 10.4 Å². The Morgan fingerprint density at radius 2 is 1.45 bits per heavy atom. The van der Waals surface area contributed by atoms with Gasteiger partial charge in [0.2, 0.25) is 0 Å². The highest BCUT2D eigenvalue weighted by Gasteiger charge is 2.50. The quantitative estimate of drug-likeness (QED) is 0.264. The first-order chi connectivity index (χ1) is 17.7. The molecule has 2 aromatic carbocycles. The number of amides is 1. The number of carbonyl (C=O) groups is 2. The Kier molecular flexibility index (Phi) is 10.9. The van der Waals surface area contributed by atoms with Crippen molar-refractivity contribution in [2.75, 3.05) is 13.7 Å². The minimum Gasteiger partial charge on any atom is -0.466 e. The first-order valence-corrected chi connectivity index (χ1v) is 14.8. The number of aliphatic hydroxyl groups excluding tert-OH is 1. The third kappa shape index (κ3) is 8.54. The number of aliphatic hydroxyl groups is 1. The van der Waals surface area contributed by atoms with E-state index >= 15 is 0 Å². The van der Waals surface area contributed by atoms with E-state index in [9.17, 15) is 14.7 Å². The second-order valence-electron chi connectivity index (χ2n) is 11.5. The molecule has 0 aliphatic heterocycles. The maximum absolute atomic E-state index is 12.8. The Morgan fingerprint density at radius 3 is 1.87 bits per heavy atom. The van der Waals surface area contributed by atoms with Crippen LogP contribution in [0.3, 0.4) is 0 Å². The van der Waals surface area contributed by atoms with E-state index in [1.54, 1.807) is 27.7 Å². The maximum atomic E-state index is 12.8. The van der Waals surface area contributed by atoms with Gasteiger partial charge in [0.15, 0.2) is 0 Å². The number of hydrogen-bond donors (Lipinski definition) is 2. The molecule has 1 amide bonds. The lowest BCUT2D eigenvalue weighted by Crippen LogP contribution is -2.67. The number of esters is 1. The molecule has 0 radical (unpaired) electrons. The molecule has 38 heavy (non-hydrogen) atoms. The predicted octanol–water partition coefficient (Wildman–Crippen LogP) is 4.33. The second kappa shape index (κ2) is 13.2. The molecule has 0 heterocycles. The molecule has 0 fully saturated rings. The monoisotopic (exact) mass is 541 g/mol. The van der Waals surface area contributed by atoms with Crippen LogP contribution in [0, 0.1) is 0 Å². The number of ether oxygens (including phenoxy) is 2. The number of alkyl carbamates (subject to hydrolysis) is 1. The zero-order valence-electron chi connectivity index (χ0n) is 23.9. The van der Waals surface area contributed by atoms with Gasteiger partial charge in [-0.05, 0) is 49.5 Å². The van der Waals surface area contributed by atoms with Crippen molar-refractivity contribution in [3.8, 4) is 0 Å². The summed E-state index contributed by atoms with van der Waals surface area (Å²) in [6.07, 6.45) is -0.222. The summed E-state index contributed by atoms with van der Waals surface area (Å²) in [6.45, 7) is 13.6. The molecule has 208 valence electrons. The Bertz CT molecular complexity index is 1030. The smallest absolute Gasteiger partial charge is 0.408 e. The first kappa shape index (κ1) is 31.3. The number of hydrogen-bond acceptors (Lipinski definition) is 6. The molecule has 7 nitrogen and oxygen atoms in total. The highest BCUT2D eigenvalue weighted by molar-refractivity contribution is 6.99. The molecule has 2 rings (SSSR count). The maximum Gasteiger partial charge on any atom is 0.408 e. The highest BCUT2D eigenvalue weighted by atomic mass is 28.4. The van der Waals surface area contributed by atoms with Crippen molar-refractivity contribution in [2.24, 2.45) is 0 Å². The summed E-state index contributed by atoms with van der Waals surface area (Å²) in [7, 11) is -1.62. The molecular weight excluding hydrogens is 498 g/mol. The normalized spacial score (nSPS) is 14.4. The average Bonchev–Trinajstić information content (AvgIpc) is 2.82. The zero-order valence-corrected chi connectivity index (χ0v) is 24.9. The van der Waals surface area contributed by atoms with Crippen molar-refractivity contribution in [1.29, 1.82) is 0 Å². The van der Waals surface area contributed by atoms with Gasteiger partial charge in [0.25, 0.3) is 8.32 Å². The molecule has 0 aromatic heterocycles. The number of benzene rings is 2. The third-order valence-corrected chi connectivity index (χ3v) is 11.2. The summed E-state index contributed by atoms with van der Waals surface area (Å²) in [5.41, 5.74) is -0.0927. The van der Waals surface area contributed by atoms with Gasteiger partial charge in [-0.2, -0.15) is 0 Å². The topological polar surface area (TPSA) is 94.1 Å². The Labute approximate surface area is 228 Å². The number of rotatable bonds is 10. The summed E-state index contributed by atoms with van der Waals surface area (Å²) in [4.78, 5) is 24.5.